The van der Waals surface area contributed by atoms with Crippen molar-refractivity contribution in [3.8, 4) is 5.75 Å². The van der Waals surface area contributed by atoms with Crippen molar-refractivity contribution in [3.05, 3.63) is 93.1 Å². The van der Waals surface area contributed by atoms with Crippen LogP contribution in [0.4, 0.5) is 5.69 Å². The number of anilines is 1. The molecule has 2 aromatic heterocycles. The minimum absolute atomic E-state index is 0.188. The fourth-order valence-corrected chi connectivity index (χ4v) is 3.82. The average molecular weight is 459 g/mol. The second kappa shape index (κ2) is 9.55. The lowest BCUT2D eigenvalue weighted by molar-refractivity contribution is 0.101. The summed E-state index contributed by atoms with van der Waals surface area (Å²) in [6, 6.07) is 14.4. The number of rotatable bonds is 7. The average Bonchev–Trinajstić information content (AvgIpc) is 3.30. The lowest BCUT2D eigenvalue weighted by Crippen LogP contribution is -2.16. The van der Waals surface area contributed by atoms with E-state index in [1.54, 1.807) is 6.92 Å². The lowest BCUT2D eigenvalue weighted by atomic mass is 10.1. The highest BCUT2D eigenvalue weighted by Gasteiger charge is 2.23. The molecule has 1 amide bonds. The Balaban J connectivity index is 1.52. The molecular formula is C27H30N4O3. The van der Waals surface area contributed by atoms with Crippen LogP contribution in [0.15, 0.2) is 47.0 Å². The molecular weight excluding hydrogens is 428 g/mol. The fourth-order valence-electron chi connectivity index (χ4n) is 3.82. The number of nitrogens with one attached hydrogen (secondary N) is 1. The van der Waals surface area contributed by atoms with E-state index < -0.39 is 0 Å². The van der Waals surface area contributed by atoms with Gasteiger partial charge < -0.3 is 14.6 Å². The van der Waals surface area contributed by atoms with Gasteiger partial charge in [-0.15, -0.1) is 0 Å². The third-order valence-corrected chi connectivity index (χ3v) is 5.99. The Bertz CT molecular complexity index is 1330. The van der Waals surface area contributed by atoms with Crippen LogP contribution in [-0.2, 0) is 13.2 Å². The van der Waals surface area contributed by atoms with Crippen LogP contribution in [0.25, 0.3) is 0 Å². The van der Waals surface area contributed by atoms with Crippen LogP contribution in [-0.4, -0.2) is 20.8 Å². The van der Waals surface area contributed by atoms with Crippen LogP contribution in [0.1, 0.15) is 55.5 Å². The molecule has 1 N–H and O–H groups in total. The summed E-state index contributed by atoms with van der Waals surface area (Å²) in [5.41, 5.74) is 7.63. The number of ether oxygens (including phenoxy) is 1. The van der Waals surface area contributed by atoms with Crippen molar-refractivity contribution in [1.82, 2.24) is 14.9 Å². The van der Waals surface area contributed by atoms with Gasteiger partial charge in [-0.1, -0.05) is 47.1 Å². The normalized spacial score (nSPS) is 11.0. The van der Waals surface area contributed by atoms with Gasteiger partial charge >= 0.3 is 0 Å². The molecule has 0 spiro atoms. The maximum Gasteiger partial charge on any atom is 0.278 e. The SMILES string of the molecule is Cc1ccc(Cn2nc(C)c(NC(=O)c3noc(C)c3COc3cc(C)ccc3C)c2C)cc1. The van der Waals surface area contributed by atoms with Crippen LogP contribution in [0, 0.1) is 41.5 Å². The second-order valence-corrected chi connectivity index (χ2v) is 8.77. The number of amides is 1. The molecule has 0 aliphatic heterocycles. The first kappa shape index (κ1) is 23.3. The maximum atomic E-state index is 13.2. The minimum atomic E-state index is -0.350. The third-order valence-electron chi connectivity index (χ3n) is 5.99. The Labute approximate surface area is 199 Å². The number of carbonyl (C=O) groups is 1. The number of aryl methyl sites for hydroxylation is 5. The maximum absolute atomic E-state index is 13.2. The largest absolute Gasteiger partial charge is 0.488 e. The Morgan fingerprint density at radius 1 is 1.00 bits per heavy atom. The smallest absolute Gasteiger partial charge is 0.278 e. The summed E-state index contributed by atoms with van der Waals surface area (Å²) in [4.78, 5) is 13.2. The molecule has 4 rings (SSSR count). The summed E-state index contributed by atoms with van der Waals surface area (Å²) in [5.74, 6) is 0.979. The summed E-state index contributed by atoms with van der Waals surface area (Å²) in [7, 11) is 0. The van der Waals surface area contributed by atoms with Crippen molar-refractivity contribution >= 4 is 11.6 Å². The summed E-state index contributed by atoms with van der Waals surface area (Å²) in [6.07, 6.45) is 0. The van der Waals surface area contributed by atoms with E-state index in [-0.39, 0.29) is 18.2 Å². The molecule has 0 bridgehead atoms. The van der Waals surface area contributed by atoms with E-state index >= 15 is 0 Å². The Morgan fingerprint density at radius 2 is 1.71 bits per heavy atom. The first-order valence-corrected chi connectivity index (χ1v) is 11.3. The van der Waals surface area contributed by atoms with Gasteiger partial charge in [0.15, 0.2) is 5.69 Å². The standard InChI is InChI=1S/C27H30N4O3/c1-16-8-11-22(12-9-16)14-31-20(5)25(19(4)29-31)28-27(32)26-23(21(6)34-30-26)15-33-24-13-17(2)7-10-18(24)3/h7-13H,14-15H2,1-6H3,(H,28,32). The van der Waals surface area contributed by atoms with Crippen molar-refractivity contribution in [2.75, 3.05) is 5.32 Å². The number of benzene rings is 2. The molecule has 7 nitrogen and oxygen atoms in total. The zero-order valence-corrected chi connectivity index (χ0v) is 20.5. The number of nitrogens with zero attached hydrogens (tertiary/aromatic N) is 3. The van der Waals surface area contributed by atoms with E-state index in [0.29, 0.717) is 23.6 Å². The van der Waals surface area contributed by atoms with Gasteiger partial charge in [-0.25, -0.2) is 0 Å². The molecule has 176 valence electrons. The molecule has 0 radical (unpaired) electrons. The Morgan fingerprint density at radius 3 is 2.44 bits per heavy atom. The number of aromatic nitrogens is 3. The molecule has 0 saturated heterocycles. The van der Waals surface area contributed by atoms with Gasteiger partial charge in [0.2, 0.25) is 0 Å². The van der Waals surface area contributed by atoms with Crippen LogP contribution in [0.5, 0.6) is 5.75 Å². The summed E-state index contributed by atoms with van der Waals surface area (Å²) in [6.45, 7) is 12.5. The van der Waals surface area contributed by atoms with Gasteiger partial charge in [0, 0.05) is 0 Å². The van der Waals surface area contributed by atoms with Crippen LogP contribution in [0.3, 0.4) is 0 Å². The van der Waals surface area contributed by atoms with Gasteiger partial charge in [0.1, 0.15) is 18.1 Å². The predicted octanol–water partition coefficient (Wildman–Crippen LogP) is 5.60. The topological polar surface area (TPSA) is 82.2 Å². The molecule has 0 aliphatic carbocycles. The van der Waals surface area contributed by atoms with E-state index in [0.717, 1.165) is 33.8 Å². The quantitative estimate of drug-likeness (QED) is 0.390. The van der Waals surface area contributed by atoms with E-state index in [1.165, 1.54) is 5.56 Å². The fraction of sp³-hybridized carbons (Fsp3) is 0.296. The summed E-state index contributed by atoms with van der Waals surface area (Å²) < 4.78 is 13.3. The highest BCUT2D eigenvalue weighted by molar-refractivity contribution is 6.04. The molecule has 0 aliphatic rings. The van der Waals surface area contributed by atoms with Crippen LogP contribution >= 0.6 is 0 Å². The molecule has 0 atom stereocenters. The third kappa shape index (κ3) is 4.88. The van der Waals surface area contributed by atoms with E-state index in [1.807, 2.05) is 50.6 Å². The highest BCUT2D eigenvalue weighted by Crippen LogP contribution is 2.25. The zero-order chi connectivity index (χ0) is 24.4. The van der Waals surface area contributed by atoms with E-state index in [2.05, 4.69) is 46.8 Å². The minimum Gasteiger partial charge on any atom is -0.488 e. The van der Waals surface area contributed by atoms with Gasteiger partial charge in [0.05, 0.1) is 29.2 Å². The van der Waals surface area contributed by atoms with Gasteiger partial charge in [-0.3, -0.25) is 9.48 Å². The van der Waals surface area contributed by atoms with Crippen molar-refractivity contribution in [3.63, 3.8) is 0 Å². The van der Waals surface area contributed by atoms with Crippen molar-refractivity contribution in [2.24, 2.45) is 0 Å². The van der Waals surface area contributed by atoms with Crippen LogP contribution < -0.4 is 10.1 Å². The molecule has 0 unspecified atom stereocenters. The van der Waals surface area contributed by atoms with Crippen LogP contribution in [0.2, 0.25) is 0 Å². The van der Waals surface area contributed by atoms with Crippen molar-refractivity contribution < 1.29 is 14.1 Å². The van der Waals surface area contributed by atoms with Crippen molar-refractivity contribution in [1.29, 1.82) is 0 Å². The predicted molar refractivity (Wildman–Crippen MR) is 131 cm³/mol. The lowest BCUT2D eigenvalue weighted by Gasteiger charge is -2.10. The monoisotopic (exact) mass is 458 g/mol. The highest BCUT2D eigenvalue weighted by atomic mass is 16.5. The molecule has 0 fully saturated rings. The first-order chi connectivity index (χ1) is 16.2. The van der Waals surface area contributed by atoms with E-state index in [9.17, 15) is 4.79 Å². The van der Waals surface area contributed by atoms with Gasteiger partial charge in [-0.2, -0.15) is 5.10 Å². The number of hydrogen-bond acceptors (Lipinski definition) is 5. The molecule has 7 heteroatoms. The summed E-state index contributed by atoms with van der Waals surface area (Å²) in [5, 5.41) is 11.6. The molecule has 0 saturated carbocycles. The molecule has 34 heavy (non-hydrogen) atoms. The number of hydrogen-bond donors (Lipinski definition) is 1. The first-order valence-electron chi connectivity index (χ1n) is 11.3. The Hall–Kier alpha value is -3.87. The van der Waals surface area contributed by atoms with E-state index in [4.69, 9.17) is 9.26 Å². The van der Waals surface area contributed by atoms with Gasteiger partial charge in [-0.05, 0) is 64.3 Å². The molecule has 2 heterocycles. The second-order valence-electron chi connectivity index (χ2n) is 8.77. The zero-order valence-electron chi connectivity index (χ0n) is 20.5. The number of carbonyl (C=O) groups excluding carboxylic acids is 1. The van der Waals surface area contributed by atoms with Crippen molar-refractivity contribution in [2.45, 2.75) is 54.7 Å². The molecule has 4 aromatic rings. The Kier molecular flexibility index (Phi) is 6.54. The molecule has 2 aromatic carbocycles. The van der Waals surface area contributed by atoms with Gasteiger partial charge in [0.25, 0.3) is 5.91 Å². The summed E-state index contributed by atoms with van der Waals surface area (Å²) >= 11 is 0.